The first-order valence-corrected chi connectivity index (χ1v) is 4.60. The fourth-order valence-electron chi connectivity index (χ4n) is 0.752. The van der Waals surface area contributed by atoms with Crippen LogP contribution in [0, 0.1) is 0 Å². The average molecular weight is 205 g/mol. The molecule has 0 aliphatic carbocycles. The van der Waals surface area contributed by atoms with Gasteiger partial charge in [0.05, 0.1) is 31.4 Å². The molecule has 0 radical (unpaired) electrons. The summed E-state index contributed by atoms with van der Waals surface area (Å²) in [6, 6.07) is 0. The van der Waals surface area contributed by atoms with Crippen LogP contribution in [-0.2, 0) is 9.53 Å². The third-order valence-corrected chi connectivity index (χ3v) is 1.72. The lowest BCUT2D eigenvalue weighted by atomic mass is 10.1. The topological polar surface area (TPSA) is 78.8 Å². The highest BCUT2D eigenvalue weighted by Gasteiger charge is 2.22. The lowest BCUT2D eigenvalue weighted by molar-refractivity contribution is -0.146. The van der Waals surface area contributed by atoms with Crippen molar-refractivity contribution in [2.75, 3.05) is 19.8 Å². The Hall–Kier alpha value is -0.650. The average Bonchev–Trinajstić information content (AvgIpc) is 2.13. The van der Waals surface area contributed by atoms with Gasteiger partial charge < -0.3 is 14.9 Å². The molecule has 0 amide bonds. The van der Waals surface area contributed by atoms with Crippen LogP contribution in [0.2, 0.25) is 0 Å². The molecule has 0 bridgehead atoms. The van der Waals surface area contributed by atoms with Crippen LogP contribution in [0.1, 0.15) is 20.8 Å². The highest BCUT2D eigenvalue weighted by Crippen LogP contribution is 2.00. The van der Waals surface area contributed by atoms with Crippen LogP contribution in [0.25, 0.3) is 0 Å². The molecule has 0 aromatic rings. The molecule has 0 atom stereocenters. The number of esters is 1. The zero-order chi connectivity index (χ0) is 11.2. The summed E-state index contributed by atoms with van der Waals surface area (Å²) in [7, 11) is 0. The van der Waals surface area contributed by atoms with E-state index in [2.05, 4.69) is 5.32 Å². The highest BCUT2D eigenvalue weighted by molar-refractivity contribution is 5.71. The molecular formula is C9H19NO4. The van der Waals surface area contributed by atoms with Gasteiger partial charge in [0.25, 0.3) is 0 Å². The van der Waals surface area contributed by atoms with Crippen LogP contribution in [-0.4, -0.2) is 47.6 Å². The van der Waals surface area contributed by atoms with Gasteiger partial charge >= 0.3 is 5.97 Å². The minimum Gasteiger partial charge on any atom is -0.462 e. The Morgan fingerprint density at radius 1 is 1.43 bits per heavy atom. The molecule has 0 unspecified atom stereocenters. The first-order valence-electron chi connectivity index (χ1n) is 4.60. The van der Waals surface area contributed by atoms with Crippen LogP contribution in [0.15, 0.2) is 0 Å². The normalized spacial score (nSPS) is 11.9. The van der Waals surface area contributed by atoms with Gasteiger partial charge in [-0.3, -0.25) is 10.1 Å². The van der Waals surface area contributed by atoms with E-state index in [9.17, 15) is 4.79 Å². The maximum absolute atomic E-state index is 11.1. The number of carbonyl (C=O) groups excluding carboxylic acids is 1. The predicted molar refractivity (Wildman–Crippen MR) is 51.8 cm³/mol. The van der Waals surface area contributed by atoms with Gasteiger partial charge in [-0.2, -0.15) is 0 Å². The molecule has 0 rings (SSSR count). The molecule has 0 aliphatic rings. The van der Waals surface area contributed by atoms with Crippen molar-refractivity contribution < 1.29 is 19.7 Å². The molecule has 0 saturated heterocycles. The van der Waals surface area contributed by atoms with Crippen LogP contribution < -0.4 is 5.32 Å². The maximum atomic E-state index is 11.1. The number of hydrogen-bond donors (Lipinski definition) is 3. The molecule has 0 saturated carbocycles. The Morgan fingerprint density at radius 2 is 1.93 bits per heavy atom. The molecule has 0 spiro atoms. The van der Waals surface area contributed by atoms with Gasteiger partial charge in [0.2, 0.25) is 0 Å². The summed E-state index contributed by atoms with van der Waals surface area (Å²) in [5, 5.41) is 20.5. The van der Waals surface area contributed by atoms with Crippen molar-refractivity contribution in [3.8, 4) is 0 Å². The predicted octanol–water partition coefficient (Wildman–Crippen LogP) is -0.729. The van der Waals surface area contributed by atoms with Crippen molar-refractivity contribution in [2.24, 2.45) is 0 Å². The zero-order valence-corrected chi connectivity index (χ0v) is 8.91. The van der Waals surface area contributed by atoms with E-state index in [4.69, 9.17) is 14.9 Å². The van der Waals surface area contributed by atoms with E-state index in [0.29, 0.717) is 0 Å². The molecular weight excluding hydrogens is 186 g/mol. The van der Waals surface area contributed by atoms with E-state index >= 15 is 0 Å². The Kier molecular flexibility index (Phi) is 5.68. The Morgan fingerprint density at radius 3 is 2.29 bits per heavy atom. The van der Waals surface area contributed by atoms with Crippen LogP contribution in [0.3, 0.4) is 0 Å². The van der Waals surface area contributed by atoms with Gasteiger partial charge in [-0.25, -0.2) is 0 Å². The van der Waals surface area contributed by atoms with Crippen molar-refractivity contribution in [2.45, 2.75) is 32.4 Å². The number of carbonyl (C=O) groups is 1. The summed E-state index contributed by atoms with van der Waals surface area (Å²) >= 11 is 0. The largest absolute Gasteiger partial charge is 0.462 e. The van der Waals surface area contributed by atoms with Crippen molar-refractivity contribution in [1.29, 1.82) is 0 Å². The Labute approximate surface area is 84.1 Å². The van der Waals surface area contributed by atoms with Crippen molar-refractivity contribution in [3.63, 3.8) is 0 Å². The van der Waals surface area contributed by atoms with Crippen molar-refractivity contribution in [3.05, 3.63) is 0 Å². The number of aliphatic hydroxyl groups is 2. The summed E-state index contributed by atoms with van der Waals surface area (Å²) in [4.78, 5) is 11.1. The van der Waals surface area contributed by atoms with Crippen molar-refractivity contribution >= 4 is 5.97 Å². The summed E-state index contributed by atoms with van der Waals surface area (Å²) in [6.45, 7) is 4.65. The van der Waals surface area contributed by atoms with Crippen molar-refractivity contribution in [1.82, 2.24) is 5.32 Å². The molecule has 0 heterocycles. The minimum atomic E-state index is -0.837. The molecule has 0 fully saturated rings. The number of hydrogen-bond acceptors (Lipinski definition) is 5. The van der Waals surface area contributed by atoms with Crippen LogP contribution >= 0.6 is 0 Å². The lowest BCUT2D eigenvalue weighted by Crippen LogP contribution is -2.51. The quantitative estimate of drug-likeness (QED) is 0.498. The number of nitrogens with one attached hydrogen (secondary N) is 1. The second kappa shape index (κ2) is 5.95. The van der Waals surface area contributed by atoms with E-state index in [-0.39, 0.29) is 25.9 Å². The monoisotopic (exact) mass is 205 g/mol. The molecule has 84 valence electrons. The SMILES string of the molecule is CC(C)OC(=O)CNC(C)(CO)CO. The highest BCUT2D eigenvalue weighted by atomic mass is 16.5. The summed E-state index contributed by atoms with van der Waals surface area (Å²) < 4.78 is 4.87. The van der Waals surface area contributed by atoms with Crippen LogP contribution in [0.4, 0.5) is 0 Å². The third-order valence-electron chi connectivity index (χ3n) is 1.72. The first kappa shape index (κ1) is 13.4. The molecule has 14 heavy (non-hydrogen) atoms. The van der Waals surface area contributed by atoms with Gasteiger partial charge in [-0.15, -0.1) is 0 Å². The van der Waals surface area contributed by atoms with E-state index in [1.165, 1.54) is 0 Å². The van der Waals surface area contributed by atoms with Gasteiger partial charge in [-0.1, -0.05) is 0 Å². The number of ether oxygens (including phenoxy) is 1. The van der Waals surface area contributed by atoms with Gasteiger partial charge in [0.15, 0.2) is 0 Å². The number of rotatable bonds is 6. The van der Waals surface area contributed by atoms with Gasteiger partial charge in [0.1, 0.15) is 0 Å². The zero-order valence-electron chi connectivity index (χ0n) is 8.91. The standard InChI is InChI=1S/C9H19NO4/c1-7(2)14-8(13)4-10-9(3,5-11)6-12/h7,10-12H,4-6H2,1-3H3. The maximum Gasteiger partial charge on any atom is 0.320 e. The minimum absolute atomic E-state index is 0.0181. The van der Waals surface area contributed by atoms with E-state index < -0.39 is 11.5 Å². The molecule has 5 nitrogen and oxygen atoms in total. The van der Waals surface area contributed by atoms with Gasteiger partial charge in [0, 0.05) is 0 Å². The summed E-state index contributed by atoms with van der Waals surface area (Å²) in [6.07, 6.45) is -0.154. The molecule has 0 aromatic heterocycles. The Bertz CT molecular complexity index is 178. The third kappa shape index (κ3) is 5.16. The fourth-order valence-corrected chi connectivity index (χ4v) is 0.752. The molecule has 5 heteroatoms. The van der Waals surface area contributed by atoms with E-state index in [1.807, 2.05) is 0 Å². The van der Waals surface area contributed by atoms with Crippen LogP contribution in [0.5, 0.6) is 0 Å². The summed E-state index contributed by atoms with van der Waals surface area (Å²) in [5.74, 6) is -0.395. The Balaban J connectivity index is 3.86. The smallest absolute Gasteiger partial charge is 0.320 e. The van der Waals surface area contributed by atoms with E-state index in [1.54, 1.807) is 20.8 Å². The second-order valence-corrected chi connectivity index (χ2v) is 3.77. The van der Waals surface area contributed by atoms with Gasteiger partial charge in [-0.05, 0) is 20.8 Å². The lowest BCUT2D eigenvalue weighted by Gasteiger charge is -2.25. The number of aliphatic hydroxyl groups excluding tert-OH is 2. The molecule has 3 N–H and O–H groups in total. The molecule has 0 aromatic carbocycles. The second-order valence-electron chi connectivity index (χ2n) is 3.77. The fraction of sp³-hybridized carbons (Fsp3) is 0.889. The van der Waals surface area contributed by atoms with E-state index in [0.717, 1.165) is 0 Å². The first-order chi connectivity index (χ1) is 6.43. The summed E-state index contributed by atoms with van der Waals surface area (Å²) in [5.41, 5.74) is -0.837. The molecule has 0 aliphatic heterocycles.